The summed E-state index contributed by atoms with van der Waals surface area (Å²) in [6, 6.07) is 0. The van der Waals surface area contributed by atoms with E-state index < -0.39 is 11.9 Å². The monoisotopic (exact) mass is 198 g/mol. The lowest BCUT2D eigenvalue weighted by Gasteiger charge is -2.02. The molecule has 0 N–H and O–H groups in total. The first kappa shape index (κ1) is 12.4. The Balaban J connectivity index is 4.56. The Morgan fingerprint density at radius 2 is 2.07 bits per heavy atom. The second kappa shape index (κ2) is 6.88. The third-order valence-electron chi connectivity index (χ3n) is 1.47. The van der Waals surface area contributed by atoms with Crippen LogP contribution in [0.5, 0.6) is 0 Å². The van der Waals surface area contributed by atoms with E-state index in [4.69, 9.17) is 0 Å². The third-order valence-corrected chi connectivity index (χ3v) is 1.47. The van der Waals surface area contributed by atoms with Crippen LogP contribution in [0.1, 0.15) is 19.8 Å². The SMILES string of the molecule is C=COC(=O)/C(=C\C(=O)OC)CCC. The summed E-state index contributed by atoms with van der Waals surface area (Å²) in [5.41, 5.74) is 0.291. The molecular formula is C10H14O4. The lowest BCUT2D eigenvalue weighted by Crippen LogP contribution is -2.07. The molecule has 0 aliphatic carbocycles. The Labute approximate surface area is 83.2 Å². The summed E-state index contributed by atoms with van der Waals surface area (Å²) in [6.07, 6.45) is 3.38. The summed E-state index contributed by atoms with van der Waals surface area (Å²) < 4.78 is 8.96. The molecule has 0 aliphatic heterocycles. The van der Waals surface area contributed by atoms with Crippen molar-refractivity contribution >= 4 is 11.9 Å². The fraction of sp³-hybridized carbons (Fsp3) is 0.400. The maximum Gasteiger partial charge on any atom is 0.339 e. The van der Waals surface area contributed by atoms with Gasteiger partial charge in [0, 0.05) is 11.6 Å². The third kappa shape index (κ3) is 4.45. The average molecular weight is 198 g/mol. The van der Waals surface area contributed by atoms with E-state index in [9.17, 15) is 9.59 Å². The van der Waals surface area contributed by atoms with Crippen molar-refractivity contribution in [2.24, 2.45) is 0 Å². The van der Waals surface area contributed by atoms with Crippen LogP contribution < -0.4 is 0 Å². The number of methoxy groups -OCH3 is 1. The number of hydrogen-bond acceptors (Lipinski definition) is 4. The number of ether oxygens (including phenoxy) is 2. The standard InChI is InChI=1S/C10H14O4/c1-4-6-8(7-9(11)13-3)10(12)14-5-2/h5,7H,2,4,6H2,1,3H3/b8-7-. The Hall–Kier alpha value is -1.58. The second-order valence-corrected chi connectivity index (χ2v) is 2.51. The topological polar surface area (TPSA) is 52.6 Å². The van der Waals surface area contributed by atoms with Gasteiger partial charge in [0.1, 0.15) is 0 Å². The summed E-state index contributed by atoms with van der Waals surface area (Å²) in [4.78, 5) is 22.1. The van der Waals surface area contributed by atoms with E-state index in [0.717, 1.165) is 18.8 Å². The van der Waals surface area contributed by atoms with Crippen molar-refractivity contribution in [2.45, 2.75) is 19.8 Å². The Kier molecular flexibility index (Phi) is 6.11. The summed E-state index contributed by atoms with van der Waals surface area (Å²) in [5.74, 6) is -1.12. The first-order chi connectivity index (χ1) is 6.65. The molecule has 0 aromatic carbocycles. The van der Waals surface area contributed by atoms with Gasteiger partial charge < -0.3 is 9.47 Å². The van der Waals surface area contributed by atoms with Gasteiger partial charge in [-0.25, -0.2) is 9.59 Å². The van der Waals surface area contributed by atoms with Crippen LogP contribution in [-0.4, -0.2) is 19.0 Å². The van der Waals surface area contributed by atoms with Gasteiger partial charge in [0.15, 0.2) is 0 Å². The van der Waals surface area contributed by atoms with Crippen molar-refractivity contribution in [1.29, 1.82) is 0 Å². The highest BCUT2D eigenvalue weighted by Crippen LogP contribution is 2.07. The maximum atomic E-state index is 11.2. The van der Waals surface area contributed by atoms with Gasteiger partial charge in [-0.05, 0) is 6.42 Å². The van der Waals surface area contributed by atoms with E-state index in [0.29, 0.717) is 12.0 Å². The maximum absolute atomic E-state index is 11.2. The van der Waals surface area contributed by atoms with Gasteiger partial charge in [-0.3, -0.25) is 0 Å². The molecule has 0 spiro atoms. The van der Waals surface area contributed by atoms with Crippen molar-refractivity contribution in [3.8, 4) is 0 Å². The number of esters is 2. The molecule has 0 amide bonds. The van der Waals surface area contributed by atoms with Crippen molar-refractivity contribution in [1.82, 2.24) is 0 Å². The summed E-state index contributed by atoms with van der Waals surface area (Å²) >= 11 is 0. The van der Waals surface area contributed by atoms with Crippen molar-refractivity contribution in [2.75, 3.05) is 7.11 Å². The van der Waals surface area contributed by atoms with Crippen LogP contribution in [0.15, 0.2) is 24.5 Å². The molecule has 0 atom stereocenters. The Morgan fingerprint density at radius 1 is 1.43 bits per heavy atom. The molecule has 0 bridgehead atoms. The van der Waals surface area contributed by atoms with Gasteiger partial charge in [0.2, 0.25) is 0 Å². The Morgan fingerprint density at radius 3 is 2.50 bits per heavy atom. The molecule has 4 nitrogen and oxygen atoms in total. The minimum atomic E-state index is -0.563. The van der Waals surface area contributed by atoms with Crippen LogP contribution in [0.2, 0.25) is 0 Å². The van der Waals surface area contributed by atoms with Crippen molar-refractivity contribution < 1.29 is 19.1 Å². The largest absolute Gasteiger partial charge is 0.466 e. The summed E-state index contributed by atoms with van der Waals surface area (Å²) in [7, 11) is 1.25. The number of rotatable bonds is 5. The predicted molar refractivity (Wildman–Crippen MR) is 51.3 cm³/mol. The zero-order chi connectivity index (χ0) is 11.0. The summed E-state index contributed by atoms with van der Waals surface area (Å²) in [6.45, 7) is 5.15. The normalized spacial score (nSPS) is 10.6. The van der Waals surface area contributed by atoms with Crippen LogP contribution in [0.3, 0.4) is 0 Å². The molecule has 0 aromatic rings. The highest BCUT2D eigenvalue weighted by atomic mass is 16.5. The highest BCUT2D eigenvalue weighted by molar-refractivity contribution is 5.96. The molecule has 4 heteroatoms. The van der Waals surface area contributed by atoms with E-state index in [1.54, 1.807) is 0 Å². The first-order valence-electron chi connectivity index (χ1n) is 4.26. The fourth-order valence-electron chi connectivity index (χ4n) is 0.855. The van der Waals surface area contributed by atoms with E-state index >= 15 is 0 Å². The van der Waals surface area contributed by atoms with Gasteiger partial charge in [0.05, 0.1) is 13.4 Å². The van der Waals surface area contributed by atoms with E-state index in [-0.39, 0.29) is 0 Å². The van der Waals surface area contributed by atoms with Crippen LogP contribution in [-0.2, 0) is 19.1 Å². The molecule has 78 valence electrons. The quantitative estimate of drug-likeness (QED) is 0.382. The zero-order valence-corrected chi connectivity index (χ0v) is 8.41. The number of carbonyl (C=O) groups is 2. The Bertz CT molecular complexity index is 253. The molecule has 0 rings (SSSR count). The molecule has 14 heavy (non-hydrogen) atoms. The molecule has 0 saturated heterocycles. The molecule has 0 saturated carbocycles. The molecule has 0 unspecified atom stereocenters. The van der Waals surface area contributed by atoms with Crippen molar-refractivity contribution in [3.05, 3.63) is 24.5 Å². The van der Waals surface area contributed by atoms with E-state index in [1.165, 1.54) is 7.11 Å². The van der Waals surface area contributed by atoms with E-state index in [2.05, 4.69) is 16.1 Å². The predicted octanol–water partition coefficient (Wildman–Crippen LogP) is 1.57. The molecule has 0 aliphatic rings. The zero-order valence-electron chi connectivity index (χ0n) is 8.41. The number of carbonyl (C=O) groups excluding carboxylic acids is 2. The molecule has 0 radical (unpaired) electrons. The molecular weight excluding hydrogens is 184 g/mol. The molecule has 0 fully saturated rings. The van der Waals surface area contributed by atoms with Gasteiger partial charge in [-0.2, -0.15) is 0 Å². The second-order valence-electron chi connectivity index (χ2n) is 2.51. The van der Waals surface area contributed by atoms with Crippen LogP contribution in [0.4, 0.5) is 0 Å². The van der Waals surface area contributed by atoms with E-state index in [1.807, 2.05) is 6.92 Å². The highest BCUT2D eigenvalue weighted by Gasteiger charge is 2.11. The van der Waals surface area contributed by atoms with Crippen molar-refractivity contribution in [3.63, 3.8) is 0 Å². The van der Waals surface area contributed by atoms with Crippen LogP contribution in [0.25, 0.3) is 0 Å². The molecule has 0 aromatic heterocycles. The van der Waals surface area contributed by atoms with Crippen LogP contribution in [0, 0.1) is 0 Å². The fourth-order valence-corrected chi connectivity index (χ4v) is 0.855. The minimum absolute atomic E-state index is 0.291. The van der Waals surface area contributed by atoms with Gasteiger partial charge >= 0.3 is 11.9 Å². The van der Waals surface area contributed by atoms with Gasteiger partial charge in [-0.15, -0.1) is 0 Å². The lowest BCUT2D eigenvalue weighted by atomic mass is 10.1. The minimum Gasteiger partial charge on any atom is -0.466 e. The summed E-state index contributed by atoms with van der Waals surface area (Å²) in [5, 5.41) is 0. The lowest BCUT2D eigenvalue weighted by molar-refractivity contribution is -0.137. The van der Waals surface area contributed by atoms with Crippen LogP contribution >= 0.6 is 0 Å². The molecule has 0 heterocycles. The van der Waals surface area contributed by atoms with Gasteiger partial charge in [0.25, 0.3) is 0 Å². The number of hydrogen-bond donors (Lipinski definition) is 0. The average Bonchev–Trinajstić information content (AvgIpc) is 2.17. The smallest absolute Gasteiger partial charge is 0.339 e. The first-order valence-corrected chi connectivity index (χ1v) is 4.26. The van der Waals surface area contributed by atoms with Gasteiger partial charge in [-0.1, -0.05) is 19.9 Å².